The van der Waals surface area contributed by atoms with Crippen molar-refractivity contribution in [2.24, 2.45) is 0 Å². The summed E-state index contributed by atoms with van der Waals surface area (Å²) >= 11 is 0. The second kappa shape index (κ2) is 16.8. The molecule has 0 radical (unpaired) electrons. The van der Waals surface area contributed by atoms with Gasteiger partial charge in [-0.05, 0) is 77.2 Å². The van der Waals surface area contributed by atoms with Gasteiger partial charge in [0.15, 0.2) is 0 Å². The fourth-order valence-electron chi connectivity index (χ4n) is 8.36. The lowest BCUT2D eigenvalue weighted by atomic mass is 9.96. The molecule has 6 heteroatoms. The molecule has 0 fully saturated rings. The molecule has 0 amide bonds. The molecule has 0 saturated carbocycles. The molecule has 10 rings (SSSR count). The highest BCUT2D eigenvalue weighted by molar-refractivity contribution is 6.09. The van der Waals surface area contributed by atoms with Gasteiger partial charge in [-0.1, -0.05) is 166 Å². The van der Waals surface area contributed by atoms with Crippen molar-refractivity contribution in [3.05, 3.63) is 222 Å². The topological polar surface area (TPSA) is 65.1 Å². The number of rotatable bonds is 8. The maximum atomic E-state index is 3.92. The Hall–Kier alpha value is -7.02. The van der Waals surface area contributed by atoms with Gasteiger partial charge in [0.25, 0.3) is 0 Å². The fraction of sp³-hybridized carbons (Fsp3) is 0.132. The summed E-state index contributed by atoms with van der Waals surface area (Å²) in [6.07, 6.45) is 2.22. The molecular weight excluding hydrogens is 721 g/mol. The number of nitrogens with one attached hydrogen (secondary N) is 5. The lowest BCUT2D eigenvalue weighted by molar-refractivity contribution is 0.442. The van der Waals surface area contributed by atoms with Crippen molar-refractivity contribution >= 4 is 44.6 Å². The Morgan fingerprint density at radius 2 is 0.966 bits per heavy atom. The summed E-state index contributed by atoms with van der Waals surface area (Å²) in [4.78, 5) is 0. The smallest absolute Gasteiger partial charge is 0.117 e. The zero-order valence-corrected chi connectivity index (χ0v) is 33.7. The number of benzene rings is 7. The Bertz CT molecular complexity index is 2660. The standard InChI is InChI=1S/C51H44N6.C2H6/c1-34-50(53-40-19-9-4-10-20-40)56-49(38-29-31-41(32-30-38)57-46-23-13-11-21-42(46)43-22-12-14-24-47(43)57)48(52-34)37-27-25-36(26-28-37)45-33-44(35-15-5-2-6-16-35)54-51(55-45)39-17-7-3-8-18-39;1-2/h2-34,44,50-56H,1H3;1-2H3. The number of hydrogen-bond donors (Lipinski definition) is 5. The van der Waals surface area contributed by atoms with E-state index >= 15 is 0 Å². The van der Waals surface area contributed by atoms with E-state index in [0.717, 1.165) is 45.2 Å². The Labute approximate surface area is 347 Å². The van der Waals surface area contributed by atoms with E-state index in [1.165, 1.54) is 32.9 Å². The first-order valence-electron chi connectivity index (χ1n) is 20.8. The molecule has 7 aromatic carbocycles. The van der Waals surface area contributed by atoms with Crippen molar-refractivity contribution in [1.29, 1.82) is 0 Å². The third-order valence-electron chi connectivity index (χ3n) is 11.3. The molecule has 0 spiro atoms. The molecule has 4 unspecified atom stereocenters. The minimum Gasteiger partial charge on any atom is -0.376 e. The third-order valence-corrected chi connectivity index (χ3v) is 11.3. The molecule has 59 heavy (non-hydrogen) atoms. The second-order valence-electron chi connectivity index (χ2n) is 14.9. The van der Waals surface area contributed by atoms with E-state index in [1.54, 1.807) is 0 Å². The van der Waals surface area contributed by atoms with Crippen LogP contribution in [0.25, 0.3) is 44.6 Å². The van der Waals surface area contributed by atoms with E-state index in [-0.39, 0.29) is 24.4 Å². The van der Waals surface area contributed by atoms with Crippen LogP contribution in [0.3, 0.4) is 0 Å². The summed E-state index contributed by atoms with van der Waals surface area (Å²) in [5, 5.41) is 21.7. The van der Waals surface area contributed by atoms with Gasteiger partial charge in [-0.2, -0.15) is 0 Å². The van der Waals surface area contributed by atoms with Gasteiger partial charge in [0.1, 0.15) is 12.3 Å². The quantitative estimate of drug-likeness (QED) is 0.106. The molecule has 4 atom stereocenters. The van der Waals surface area contributed by atoms with Gasteiger partial charge in [0, 0.05) is 27.8 Å². The summed E-state index contributed by atoms with van der Waals surface area (Å²) < 4.78 is 2.37. The van der Waals surface area contributed by atoms with Crippen LogP contribution in [0.2, 0.25) is 0 Å². The van der Waals surface area contributed by atoms with Gasteiger partial charge in [-0.3, -0.25) is 5.32 Å². The van der Waals surface area contributed by atoms with Crippen LogP contribution < -0.4 is 26.6 Å². The van der Waals surface area contributed by atoms with Gasteiger partial charge >= 0.3 is 0 Å². The zero-order chi connectivity index (χ0) is 40.1. The highest BCUT2D eigenvalue weighted by atomic mass is 15.2. The van der Waals surface area contributed by atoms with Crippen molar-refractivity contribution in [1.82, 2.24) is 25.8 Å². The molecule has 1 aromatic heterocycles. The van der Waals surface area contributed by atoms with Gasteiger partial charge in [0.2, 0.25) is 0 Å². The predicted octanol–water partition coefficient (Wildman–Crippen LogP) is 11.6. The molecule has 0 bridgehead atoms. The van der Waals surface area contributed by atoms with Crippen LogP contribution >= 0.6 is 0 Å². The van der Waals surface area contributed by atoms with Crippen LogP contribution in [-0.4, -0.2) is 16.8 Å². The number of anilines is 1. The summed E-state index contributed by atoms with van der Waals surface area (Å²) in [5.74, 6) is 0. The number of nitrogens with zero attached hydrogens (tertiary/aromatic N) is 1. The van der Waals surface area contributed by atoms with Crippen molar-refractivity contribution < 1.29 is 0 Å². The number of hydrogen-bond acceptors (Lipinski definition) is 5. The number of fused-ring (bicyclic) bond motifs is 3. The monoisotopic (exact) mass is 770 g/mol. The van der Waals surface area contributed by atoms with Crippen LogP contribution in [0.1, 0.15) is 60.8 Å². The van der Waals surface area contributed by atoms with E-state index in [2.05, 4.69) is 226 Å². The van der Waals surface area contributed by atoms with Gasteiger partial charge in [-0.15, -0.1) is 0 Å². The molecule has 0 saturated heterocycles. The van der Waals surface area contributed by atoms with E-state index in [1.807, 2.05) is 19.9 Å². The normalized spacial score (nSPS) is 18.8. The minimum atomic E-state index is -0.0450. The highest BCUT2D eigenvalue weighted by Crippen LogP contribution is 2.35. The Balaban J connectivity index is 0.00000221. The molecular formula is C53H50N6. The first-order chi connectivity index (χ1) is 29.2. The lowest BCUT2D eigenvalue weighted by Crippen LogP contribution is -2.54. The van der Waals surface area contributed by atoms with E-state index in [4.69, 9.17) is 0 Å². The summed E-state index contributed by atoms with van der Waals surface area (Å²) in [5.41, 5.74) is 13.6. The van der Waals surface area contributed by atoms with Crippen molar-refractivity contribution in [3.63, 3.8) is 0 Å². The fourth-order valence-corrected chi connectivity index (χ4v) is 8.36. The molecule has 292 valence electrons. The number of para-hydroxylation sites is 3. The van der Waals surface area contributed by atoms with Crippen molar-refractivity contribution in [2.75, 3.05) is 5.32 Å². The molecule has 2 aliphatic heterocycles. The van der Waals surface area contributed by atoms with Crippen LogP contribution in [0.4, 0.5) is 5.69 Å². The van der Waals surface area contributed by atoms with Gasteiger partial charge < -0.3 is 25.8 Å². The molecule has 6 nitrogen and oxygen atoms in total. The molecule has 2 aliphatic rings. The minimum absolute atomic E-state index is 0.0324. The summed E-state index contributed by atoms with van der Waals surface area (Å²) in [6, 6.07) is 67.0. The molecule has 8 aromatic rings. The molecule has 0 aliphatic carbocycles. The summed E-state index contributed by atoms with van der Waals surface area (Å²) in [6.45, 7) is 6.22. The van der Waals surface area contributed by atoms with Crippen LogP contribution in [0.15, 0.2) is 194 Å². The zero-order valence-electron chi connectivity index (χ0n) is 33.7. The van der Waals surface area contributed by atoms with Crippen LogP contribution in [0, 0.1) is 0 Å². The second-order valence-corrected chi connectivity index (χ2v) is 14.9. The summed E-state index contributed by atoms with van der Waals surface area (Å²) in [7, 11) is 0. The Morgan fingerprint density at radius 1 is 0.475 bits per heavy atom. The average Bonchev–Trinajstić information content (AvgIpc) is 3.65. The lowest BCUT2D eigenvalue weighted by Gasteiger charge is -2.37. The maximum Gasteiger partial charge on any atom is 0.117 e. The highest BCUT2D eigenvalue weighted by Gasteiger charge is 2.29. The van der Waals surface area contributed by atoms with Crippen LogP contribution in [-0.2, 0) is 0 Å². The van der Waals surface area contributed by atoms with E-state index in [0.29, 0.717) is 0 Å². The SMILES string of the molecule is CC.CC1NC(c2ccc(C3=CC(c4ccccc4)NC(c4ccccc4)N3)cc2)=C(c2ccc(-n3c4ccccc4c4ccccc43)cc2)NC1Nc1ccccc1. The van der Waals surface area contributed by atoms with Crippen molar-refractivity contribution in [2.45, 2.75) is 45.2 Å². The predicted molar refractivity (Wildman–Crippen MR) is 248 cm³/mol. The van der Waals surface area contributed by atoms with Crippen molar-refractivity contribution in [3.8, 4) is 5.69 Å². The van der Waals surface area contributed by atoms with Crippen LogP contribution in [0.5, 0.6) is 0 Å². The molecule has 3 heterocycles. The van der Waals surface area contributed by atoms with E-state index in [9.17, 15) is 0 Å². The largest absolute Gasteiger partial charge is 0.376 e. The van der Waals surface area contributed by atoms with Gasteiger partial charge in [0.05, 0.1) is 34.5 Å². The van der Waals surface area contributed by atoms with Gasteiger partial charge in [-0.25, -0.2) is 0 Å². The first-order valence-corrected chi connectivity index (χ1v) is 20.8. The van der Waals surface area contributed by atoms with E-state index < -0.39 is 0 Å². The average molecular weight is 771 g/mol. The number of aromatic nitrogens is 1. The first kappa shape index (κ1) is 37.6. The third kappa shape index (κ3) is 7.59. The maximum absolute atomic E-state index is 3.92. The Morgan fingerprint density at radius 3 is 1.58 bits per heavy atom. The Kier molecular flexibility index (Phi) is 10.7. The molecule has 5 N–H and O–H groups in total.